The molecule has 0 amide bonds. The first kappa shape index (κ1) is 9.73. The molecule has 3 rings (SSSR count). The quantitative estimate of drug-likeness (QED) is 0.670. The lowest BCUT2D eigenvalue weighted by Crippen LogP contribution is -2.23. The third-order valence-electron chi connectivity index (χ3n) is 3.04. The fraction of sp³-hybridized carbons (Fsp3) is 0.385. The van der Waals surface area contributed by atoms with Gasteiger partial charge in [0.1, 0.15) is 0 Å². The Morgan fingerprint density at radius 2 is 2.06 bits per heavy atom. The number of fused-ring (bicyclic) bond motifs is 1. The Morgan fingerprint density at radius 3 is 2.94 bits per heavy atom. The molecule has 0 spiro atoms. The van der Waals surface area contributed by atoms with Gasteiger partial charge in [-0.1, -0.05) is 18.2 Å². The highest BCUT2D eigenvalue weighted by Crippen LogP contribution is 2.22. The summed E-state index contributed by atoms with van der Waals surface area (Å²) in [6, 6.07) is 9.16. The van der Waals surface area contributed by atoms with Gasteiger partial charge in [-0.15, -0.1) is 0 Å². The van der Waals surface area contributed by atoms with E-state index in [9.17, 15) is 0 Å². The molecule has 0 saturated heterocycles. The summed E-state index contributed by atoms with van der Waals surface area (Å²) in [5, 5.41) is 8.22. The van der Waals surface area contributed by atoms with E-state index in [1.54, 1.807) is 0 Å². The van der Waals surface area contributed by atoms with Gasteiger partial charge in [0.25, 0.3) is 0 Å². The molecule has 16 heavy (non-hydrogen) atoms. The summed E-state index contributed by atoms with van der Waals surface area (Å²) < 4.78 is 0. The van der Waals surface area contributed by atoms with Crippen LogP contribution in [0.25, 0.3) is 10.9 Å². The second kappa shape index (κ2) is 4.18. The molecule has 0 unspecified atom stereocenters. The molecule has 1 aromatic heterocycles. The number of para-hydroxylation sites is 1. The molecule has 0 radical (unpaired) electrons. The van der Waals surface area contributed by atoms with E-state index in [1.807, 2.05) is 6.20 Å². The maximum absolute atomic E-state index is 3.49. The minimum Gasteiger partial charge on any atom is -0.382 e. The molecule has 2 aromatic rings. The van der Waals surface area contributed by atoms with Crippen molar-refractivity contribution in [3.05, 3.63) is 30.5 Å². The van der Waals surface area contributed by atoms with Crippen molar-refractivity contribution < 1.29 is 0 Å². The van der Waals surface area contributed by atoms with Gasteiger partial charge in [-0.05, 0) is 18.9 Å². The molecule has 3 nitrogen and oxygen atoms in total. The van der Waals surface area contributed by atoms with Crippen molar-refractivity contribution in [2.45, 2.75) is 18.9 Å². The molecule has 3 N–H and O–H groups in total. The number of hydrogen-bond donors (Lipinski definition) is 3. The average Bonchev–Trinajstić information content (AvgIpc) is 3.05. The molecule has 84 valence electrons. The van der Waals surface area contributed by atoms with Gasteiger partial charge in [0, 0.05) is 36.2 Å². The molecule has 1 heterocycles. The predicted molar refractivity (Wildman–Crippen MR) is 67.8 cm³/mol. The number of nitrogens with one attached hydrogen (secondary N) is 3. The highest BCUT2D eigenvalue weighted by atomic mass is 15.0. The summed E-state index contributed by atoms with van der Waals surface area (Å²) in [7, 11) is 0. The first-order chi connectivity index (χ1) is 7.93. The molecule has 1 fully saturated rings. The minimum absolute atomic E-state index is 0.796. The van der Waals surface area contributed by atoms with Crippen molar-refractivity contribution in [1.82, 2.24) is 10.3 Å². The third-order valence-corrected chi connectivity index (χ3v) is 3.04. The van der Waals surface area contributed by atoms with Gasteiger partial charge in [-0.25, -0.2) is 0 Å². The molecular weight excluding hydrogens is 198 g/mol. The Labute approximate surface area is 95.2 Å². The average molecular weight is 215 g/mol. The van der Waals surface area contributed by atoms with E-state index in [0.717, 1.165) is 19.1 Å². The van der Waals surface area contributed by atoms with Crippen LogP contribution in [0.1, 0.15) is 12.8 Å². The number of anilines is 1. The Bertz CT molecular complexity index is 471. The molecule has 3 heteroatoms. The second-order valence-corrected chi connectivity index (χ2v) is 4.40. The Kier molecular flexibility index (Phi) is 2.54. The molecule has 1 aromatic carbocycles. The van der Waals surface area contributed by atoms with Crippen LogP contribution >= 0.6 is 0 Å². The van der Waals surface area contributed by atoms with E-state index in [-0.39, 0.29) is 0 Å². The Morgan fingerprint density at radius 1 is 1.19 bits per heavy atom. The van der Waals surface area contributed by atoms with Gasteiger partial charge in [-0.2, -0.15) is 0 Å². The zero-order valence-electron chi connectivity index (χ0n) is 9.29. The lowest BCUT2D eigenvalue weighted by molar-refractivity contribution is 0.702. The van der Waals surface area contributed by atoms with Crippen LogP contribution in [0.3, 0.4) is 0 Å². The summed E-state index contributed by atoms with van der Waals surface area (Å²) in [5.74, 6) is 0. The van der Waals surface area contributed by atoms with Crippen molar-refractivity contribution >= 4 is 16.6 Å². The van der Waals surface area contributed by atoms with Crippen LogP contribution < -0.4 is 10.6 Å². The number of benzene rings is 1. The lowest BCUT2D eigenvalue weighted by Gasteiger charge is -2.05. The van der Waals surface area contributed by atoms with E-state index in [2.05, 4.69) is 39.9 Å². The van der Waals surface area contributed by atoms with Crippen molar-refractivity contribution in [1.29, 1.82) is 0 Å². The summed E-state index contributed by atoms with van der Waals surface area (Å²) in [5.41, 5.74) is 2.40. The molecule has 1 saturated carbocycles. The van der Waals surface area contributed by atoms with Crippen LogP contribution in [-0.2, 0) is 0 Å². The van der Waals surface area contributed by atoms with Crippen LogP contribution in [0, 0.1) is 0 Å². The maximum Gasteiger partial charge on any atom is 0.0598 e. The molecule has 0 bridgehead atoms. The van der Waals surface area contributed by atoms with E-state index >= 15 is 0 Å². The summed E-state index contributed by atoms with van der Waals surface area (Å²) in [6.45, 7) is 2.03. The number of rotatable bonds is 5. The highest BCUT2D eigenvalue weighted by Gasteiger charge is 2.19. The third kappa shape index (κ3) is 2.04. The lowest BCUT2D eigenvalue weighted by atomic mass is 10.2. The van der Waals surface area contributed by atoms with Gasteiger partial charge < -0.3 is 15.6 Å². The topological polar surface area (TPSA) is 39.8 Å². The standard InChI is InChI=1S/C13H17N3/c1-2-4-12-11(3-1)13(9-16-12)15-8-7-14-10-5-6-10/h1-4,9-10,14-16H,5-8H2. The molecule has 0 atom stereocenters. The fourth-order valence-electron chi connectivity index (χ4n) is 1.98. The van der Waals surface area contributed by atoms with Crippen LogP contribution in [-0.4, -0.2) is 24.1 Å². The van der Waals surface area contributed by atoms with Crippen LogP contribution in [0.15, 0.2) is 30.5 Å². The monoisotopic (exact) mass is 215 g/mol. The summed E-state index contributed by atoms with van der Waals surface area (Å²) >= 11 is 0. The first-order valence-corrected chi connectivity index (χ1v) is 5.97. The summed E-state index contributed by atoms with van der Waals surface area (Å²) in [6.07, 6.45) is 4.75. The van der Waals surface area contributed by atoms with E-state index in [4.69, 9.17) is 0 Å². The van der Waals surface area contributed by atoms with Gasteiger partial charge in [0.05, 0.1) is 5.69 Å². The van der Waals surface area contributed by atoms with Crippen molar-refractivity contribution in [2.75, 3.05) is 18.4 Å². The van der Waals surface area contributed by atoms with Crippen LogP contribution in [0.4, 0.5) is 5.69 Å². The SMILES string of the molecule is c1ccc2c(NCCNC3CC3)c[nH]c2c1. The number of hydrogen-bond acceptors (Lipinski definition) is 2. The summed E-state index contributed by atoms with van der Waals surface area (Å²) in [4.78, 5) is 3.27. The Balaban J connectivity index is 1.60. The van der Waals surface area contributed by atoms with Crippen molar-refractivity contribution in [3.63, 3.8) is 0 Å². The van der Waals surface area contributed by atoms with E-state index < -0.39 is 0 Å². The minimum atomic E-state index is 0.796. The second-order valence-electron chi connectivity index (χ2n) is 4.40. The van der Waals surface area contributed by atoms with Crippen molar-refractivity contribution in [3.8, 4) is 0 Å². The first-order valence-electron chi connectivity index (χ1n) is 5.97. The van der Waals surface area contributed by atoms with E-state index in [0.29, 0.717) is 0 Å². The van der Waals surface area contributed by atoms with Crippen LogP contribution in [0.2, 0.25) is 0 Å². The van der Waals surface area contributed by atoms with Gasteiger partial charge >= 0.3 is 0 Å². The molecule has 1 aliphatic carbocycles. The largest absolute Gasteiger partial charge is 0.382 e. The van der Waals surface area contributed by atoms with Crippen LogP contribution in [0.5, 0.6) is 0 Å². The van der Waals surface area contributed by atoms with Gasteiger partial charge in [0.2, 0.25) is 0 Å². The molecule has 1 aliphatic rings. The highest BCUT2D eigenvalue weighted by molar-refractivity contribution is 5.92. The normalized spacial score (nSPS) is 15.5. The Hall–Kier alpha value is -1.48. The number of aromatic amines is 1. The van der Waals surface area contributed by atoms with Gasteiger partial charge in [0.15, 0.2) is 0 Å². The van der Waals surface area contributed by atoms with Crippen molar-refractivity contribution in [2.24, 2.45) is 0 Å². The zero-order chi connectivity index (χ0) is 10.8. The number of H-pyrrole nitrogens is 1. The fourth-order valence-corrected chi connectivity index (χ4v) is 1.98. The van der Waals surface area contributed by atoms with Gasteiger partial charge in [-0.3, -0.25) is 0 Å². The zero-order valence-corrected chi connectivity index (χ0v) is 9.29. The van der Waals surface area contributed by atoms with E-state index in [1.165, 1.54) is 29.4 Å². The molecule has 0 aliphatic heterocycles. The smallest absolute Gasteiger partial charge is 0.0598 e. The maximum atomic E-state index is 3.49. The molecular formula is C13H17N3. The predicted octanol–water partition coefficient (Wildman–Crippen LogP) is 2.33. The number of aromatic nitrogens is 1.